The lowest BCUT2D eigenvalue weighted by molar-refractivity contribution is -0.143. The third-order valence-electron chi connectivity index (χ3n) is 3.32. The van der Waals surface area contributed by atoms with Gasteiger partial charge in [0.1, 0.15) is 0 Å². The predicted molar refractivity (Wildman–Crippen MR) is 68.1 cm³/mol. The van der Waals surface area contributed by atoms with E-state index in [1.807, 2.05) is 0 Å². The van der Waals surface area contributed by atoms with Gasteiger partial charge >= 0.3 is 12.0 Å². The third-order valence-corrected chi connectivity index (χ3v) is 3.32. The van der Waals surface area contributed by atoms with Gasteiger partial charge in [-0.05, 0) is 19.8 Å². The highest BCUT2D eigenvalue weighted by molar-refractivity contribution is 5.75. The molecule has 20 heavy (non-hydrogen) atoms. The van der Waals surface area contributed by atoms with Crippen molar-refractivity contribution in [2.75, 3.05) is 19.6 Å². The number of carboxylic acid groups (broad SMARTS) is 1. The Morgan fingerprint density at radius 2 is 2.15 bits per heavy atom. The largest absolute Gasteiger partial charge is 0.481 e. The minimum absolute atomic E-state index is 0.176. The Morgan fingerprint density at radius 1 is 1.45 bits per heavy atom. The second-order valence-electron chi connectivity index (χ2n) is 4.82. The van der Waals surface area contributed by atoms with Gasteiger partial charge in [-0.25, -0.2) is 4.79 Å². The highest BCUT2D eigenvalue weighted by atomic mass is 16.5. The maximum atomic E-state index is 11.9. The number of aryl methyl sites for hydroxylation is 1. The van der Waals surface area contributed by atoms with Crippen molar-refractivity contribution in [3.63, 3.8) is 0 Å². The molecule has 2 rings (SSSR count). The number of nitrogens with one attached hydrogen (secondary N) is 1. The van der Waals surface area contributed by atoms with E-state index in [4.69, 9.17) is 9.63 Å². The molecular formula is C12H18N4O4. The molecule has 8 heteroatoms. The summed E-state index contributed by atoms with van der Waals surface area (Å²) in [5, 5.41) is 15.3. The molecule has 1 aromatic heterocycles. The molecule has 0 radical (unpaired) electrons. The molecule has 0 aromatic carbocycles. The van der Waals surface area contributed by atoms with E-state index in [9.17, 15) is 9.59 Å². The van der Waals surface area contributed by atoms with Gasteiger partial charge in [0.15, 0.2) is 5.82 Å². The molecule has 1 fully saturated rings. The number of rotatable bonds is 4. The molecule has 2 heterocycles. The highest BCUT2D eigenvalue weighted by Crippen LogP contribution is 2.17. The van der Waals surface area contributed by atoms with Gasteiger partial charge in [-0.1, -0.05) is 5.16 Å². The minimum atomic E-state index is -0.781. The molecule has 0 spiro atoms. The Kier molecular flexibility index (Phi) is 4.54. The summed E-state index contributed by atoms with van der Waals surface area (Å²) in [5.74, 6) is -0.0494. The van der Waals surface area contributed by atoms with Crippen LogP contribution in [0.2, 0.25) is 0 Å². The number of urea groups is 1. The monoisotopic (exact) mass is 282 g/mol. The molecule has 2 amide bonds. The van der Waals surface area contributed by atoms with Crippen LogP contribution in [0.3, 0.4) is 0 Å². The third kappa shape index (κ3) is 3.69. The van der Waals surface area contributed by atoms with Gasteiger partial charge in [-0.2, -0.15) is 4.98 Å². The van der Waals surface area contributed by atoms with Gasteiger partial charge in [0.2, 0.25) is 5.89 Å². The van der Waals surface area contributed by atoms with Gasteiger partial charge < -0.3 is 19.8 Å². The van der Waals surface area contributed by atoms with Crippen LogP contribution in [0.15, 0.2) is 4.52 Å². The van der Waals surface area contributed by atoms with Gasteiger partial charge in [-0.3, -0.25) is 4.79 Å². The molecule has 0 bridgehead atoms. The molecule has 0 saturated carbocycles. The molecule has 0 aliphatic carbocycles. The highest BCUT2D eigenvalue weighted by Gasteiger charge is 2.26. The van der Waals surface area contributed by atoms with E-state index in [0.717, 1.165) is 0 Å². The standard InChI is InChI=1S/C12H18N4O4/c1-8-14-10(20-15-8)2-5-13-12(19)16-6-3-9(4-7-16)11(17)18/h9H,2-7H2,1H3,(H,13,19)(H,17,18). The molecule has 110 valence electrons. The van der Waals surface area contributed by atoms with Crippen LogP contribution < -0.4 is 5.32 Å². The lowest BCUT2D eigenvalue weighted by Gasteiger charge is -2.30. The fraction of sp³-hybridized carbons (Fsp3) is 0.667. The van der Waals surface area contributed by atoms with Gasteiger partial charge in [0.25, 0.3) is 0 Å². The number of amides is 2. The average Bonchev–Trinajstić information content (AvgIpc) is 2.84. The fourth-order valence-electron chi connectivity index (χ4n) is 2.16. The first-order valence-electron chi connectivity index (χ1n) is 6.61. The van der Waals surface area contributed by atoms with E-state index in [0.29, 0.717) is 50.6 Å². The number of carboxylic acids is 1. The van der Waals surface area contributed by atoms with E-state index < -0.39 is 5.97 Å². The van der Waals surface area contributed by atoms with Crippen molar-refractivity contribution in [3.05, 3.63) is 11.7 Å². The summed E-state index contributed by atoms with van der Waals surface area (Å²) < 4.78 is 4.94. The number of carbonyl (C=O) groups is 2. The predicted octanol–water partition coefficient (Wildman–Crippen LogP) is 0.427. The van der Waals surface area contributed by atoms with Crippen LogP contribution in [-0.2, 0) is 11.2 Å². The van der Waals surface area contributed by atoms with Crippen LogP contribution in [0.4, 0.5) is 4.79 Å². The summed E-state index contributed by atoms with van der Waals surface area (Å²) in [6, 6.07) is -0.176. The molecule has 2 N–H and O–H groups in total. The van der Waals surface area contributed by atoms with E-state index in [1.165, 1.54) is 0 Å². The van der Waals surface area contributed by atoms with Crippen molar-refractivity contribution in [2.24, 2.45) is 5.92 Å². The summed E-state index contributed by atoms with van der Waals surface area (Å²) in [6.07, 6.45) is 1.50. The average molecular weight is 282 g/mol. The van der Waals surface area contributed by atoms with Gasteiger partial charge in [0, 0.05) is 26.1 Å². The number of piperidine rings is 1. The zero-order chi connectivity index (χ0) is 14.5. The van der Waals surface area contributed by atoms with Gasteiger partial charge in [0.05, 0.1) is 5.92 Å². The molecule has 1 saturated heterocycles. The number of nitrogens with zero attached hydrogens (tertiary/aromatic N) is 3. The smallest absolute Gasteiger partial charge is 0.317 e. The molecule has 1 aliphatic rings. The van der Waals surface area contributed by atoms with Crippen molar-refractivity contribution in [2.45, 2.75) is 26.2 Å². The Morgan fingerprint density at radius 3 is 2.70 bits per heavy atom. The summed E-state index contributed by atoms with van der Waals surface area (Å²) in [7, 11) is 0. The zero-order valence-electron chi connectivity index (χ0n) is 11.3. The second kappa shape index (κ2) is 6.36. The van der Waals surface area contributed by atoms with Crippen LogP contribution in [0.5, 0.6) is 0 Å². The Labute approximate surface area is 116 Å². The summed E-state index contributed by atoms with van der Waals surface area (Å²) in [4.78, 5) is 28.4. The van der Waals surface area contributed by atoms with E-state index >= 15 is 0 Å². The Balaban J connectivity index is 1.69. The van der Waals surface area contributed by atoms with Crippen LogP contribution in [0.25, 0.3) is 0 Å². The first-order chi connectivity index (χ1) is 9.56. The normalized spacial score (nSPS) is 16.1. The zero-order valence-corrected chi connectivity index (χ0v) is 11.3. The summed E-state index contributed by atoms with van der Waals surface area (Å²) in [6.45, 7) is 3.10. The number of hydrogen-bond donors (Lipinski definition) is 2. The fourth-order valence-corrected chi connectivity index (χ4v) is 2.16. The Bertz CT molecular complexity index is 480. The van der Waals surface area contributed by atoms with Crippen LogP contribution in [0.1, 0.15) is 24.6 Å². The number of hydrogen-bond acceptors (Lipinski definition) is 5. The minimum Gasteiger partial charge on any atom is -0.481 e. The van der Waals surface area contributed by atoms with Crippen LogP contribution in [-0.4, -0.2) is 51.8 Å². The van der Waals surface area contributed by atoms with Crippen molar-refractivity contribution in [3.8, 4) is 0 Å². The molecule has 0 unspecified atom stereocenters. The number of aromatic nitrogens is 2. The van der Waals surface area contributed by atoms with Crippen molar-refractivity contribution < 1.29 is 19.2 Å². The lowest BCUT2D eigenvalue weighted by Crippen LogP contribution is -2.45. The van der Waals surface area contributed by atoms with Crippen LogP contribution in [0, 0.1) is 12.8 Å². The molecule has 1 aromatic rings. The number of carbonyl (C=O) groups excluding carboxylic acids is 1. The summed E-state index contributed by atoms with van der Waals surface area (Å²) in [5.41, 5.74) is 0. The first-order valence-corrected chi connectivity index (χ1v) is 6.61. The van der Waals surface area contributed by atoms with E-state index in [1.54, 1.807) is 11.8 Å². The number of aliphatic carboxylic acids is 1. The molecular weight excluding hydrogens is 264 g/mol. The van der Waals surface area contributed by atoms with Crippen LogP contribution >= 0.6 is 0 Å². The van der Waals surface area contributed by atoms with Crippen molar-refractivity contribution in [1.29, 1.82) is 0 Å². The maximum Gasteiger partial charge on any atom is 0.317 e. The van der Waals surface area contributed by atoms with Crippen molar-refractivity contribution >= 4 is 12.0 Å². The van der Waals surface area contributed by atoms with Gasteiger partial charge in [-0.15, -0.1) is 0 Å². The molecule has 0 atom stereocenters. The molecule has 1 aliphatic heterocycles. The number of likely N-dealkylation sites (tertiary alicyclic amines) is 1. The first kappa shape index (κ1) is 14.3. The maximum absolute atomic E-state index is 11.9. The summed E-state index contributed by atoms with van der Waals surface area (Å²) >= 11 is 0. The lowest BCUT2D eigenvalue weighted by atomic mass is 9.97. The quantitative estimate of drug-likeness (QED) is 0.828. The van der Waals surface area contributed by atoms with Crippen molar-refractivity contribution in [1.82, 2.24) is 20.4 Å². The van der Waals surface area contributed by atoms with E-state index in [2.05, 4.69) is 15.5 Å². The van der Waals surface area contributed by atoms with E-state index in [-0.39, 0.29) is 11.9 Å². The Hall–Kier alpha value is -2.12. The SMILES string of the molecule is Cc1noc(CCNC(=O)N2CCC(C(=O)O)CC2)n1. The topological polar surface area (TPSA) is 109 Å². The molecule has 8 nitrogen and oxygen atoms in total. The second-order valence-corrected chi connectivity index (χ2v) is 4.82.